The molecule has 1 N–H and O–H groups in total. The highest BCUT2D eigenvalue weighted by Gasteiger charge is 2.29. The average Bonchev–Trinajstić information content (AvgIpc) is 2.35. The second-order valence-corrected chi connectivity index (χ2v) is 7.09. The van der Waals surface area contributed by atoms with E-state index in [0.29, 0.717) is 0 Å². The average molecular weight is 324 g/mol. The van der Waals surface area contributed by atoms with Gasteiger partial charge in [0.25, 0.3) is 0 Å². The third kappa shape index (κ3) is 4.50. The third-order valence-corrected chi connectivity index (χ3v) is 4.32. The quantitative estimate of drug-likeness (QED) is 0.887. The number of rotatable bonds is 4. The SMILES string of the molecule is C[C](C)CN1CCC(C)(Nc2ccc(Br)cc2)CC1. The van der Waals surface area contributed by atoms with Crippen LogP contribution in [0.15, 0.2) is 28.7 Å². The number of benzene rings is 1. The van der Waals surface area contributed by atoms with Crippen LogP contribution in [0.3, 0.4) is 0 Å². The monoisotopic (exact) mass is 323 g/mol. The first kappa shape index (κ1) is 14.9. The topological polar surface area (TPSA) is 15.3 Å². The first-order valence-corrected chi connectivity index (χ1v) is 7.81. The second-order valence-electron chi connectivity index (χ2n) is 6.18. The summed E-state index contributed by atoms with van der Waals surface area (Å²) >= 11 is 3.48. The molecular formula is C16H24BrN2. The van der Waals surface area contributed by atoms with Crippen molar-refractivity contribution in [3.63, 3.8) is 0 Å². The van der Waals surface area contributed by atoms with Gasteiger partial charge in [-0.1, -0.05) is 29.8 Å². The van der Waals surface area contributed by atoms with Crippen molar-refractivity contribution >= 4 is 21.6 Å². The summed E-state index contributed by atoms with van der Waals surface area (Å²) in [6, 6.07) is 8.48. The van der Waals surface area contributed by atoms with Gasteiger partial charge in [-0.3, -0.25) is 0 Å². The van der Waals surface area contributed by atoms with Crippen LogP contribution < -0.4 is 5.32 Å². The van der Waals surface area contributed by atoms with Crippen molar-refractivity contribution in [3.05, 3.63) is 34.7 Å². The summed E-state index contributed by atoms with van der Waals surface area (Å²) in [5, 5.41) is 3.70. The minimum atomic E-state index is 0.228. The summed E-state index contributed by atoms with van der Waals surface area (Å²) in [6.07, 6.45) is 2.41. The van der Waals surface area contributed by atoms with Crippen LogP contribution in [0.1, 0.15) is 33.6 Å². The molecule has 1 aliphatic heterocycles. The van der Waals surface area contributed by atoms with Crippen molar-refractivity contribution in [2.24, 2.45) is 0 Å². The molecule has 1 heterocycles. The molecule has 0 spiro atoms. The minimum Gasteiger partial charge on any atom is -0.380 e. The van der Waals surface area contributed by atoms with Crippen molar-refractivity contribution in [2.75, 3.05) is 25.0 Å². The van der Waals surface area contributed by atoms with E-state index in [4.69, 9.17) is 0 Å². The van der Waals surface area contributed by atoms with Gasteiger partial charge in [-0.2, -0.15) is 0 Å². The van der Waals surface area contributed by atoms with Gasteiger partial charge in [0, 0.05) is 35.3 Å². The molecule has 1 aromatic rings. The largest absolute Gasteiger partial charge is 0.380 e. The predicted octanol–water partition coefficient (Wildman–Crippen LogP) is 4.33. The fraction of sp³-hybridized carbons (Fsp3) is 0.562. The Balaban J connectivity index is 1.89. The van der Waals surface area contributed by atoms with Crippen LogP contribution in [0.2, 0.25) is 0 Å². The van der Waals surface area contributed by atoms with Gasteiger partial charge in [0.05, 0.1) is 0 Å². The molecule has 1 aromatic carbocycles. The first-order chi connectivity index (χ1) is 8.97. The molecule has 0 bridgehead atoms. The fourth-order valence-electron chi connectivity index (χ4n) is 2.66. The van der Waals surface area contributed by atoms with E-state index in [1.54, 1.807) is 0 Å². The number of hydrogen-bond donors (Lipinski definition) is 1. The maximum Gasteiger partial charge on any atom is 0.0370 e. The lowest BCUT2D eigenvalue weighted by Gasteiger charge is -2.41. The summed E-state index contributed by atoms with van der Waals surface area (Å²) in [5.41, 5.74) is 1.45. The zero-order chi connectivity index (χ0) is 13.9. The highest BCUT2D eigenvalue weighted by molar-refractivity contribution is 9.10. The van der Waals surface area contributed by atoms with E-state index in [2.05, 4.69) is 71.2 Å². The lowest BCUT2D eigenvalue weighted by molar-refractivity contribution is 0.188. The molecule has 1 radical (unpaired) electrons. The molecule has 1 saturated heterocycles. The predicted molar refractivity (Wildman–Crippen MR) is 86.4 cm³/mol. The normalized spacial score (nSPS) is 19.6. The molecule has 1 aliphatic rings. The number of halogens is 1. The van der Waals surface area contributed by atoms with Crippen molar-refractivity contribution < 1.29 is 0 Å². The van der Waals surface area contributed by atoms with Gasteiger partial charge >= 0.3 is 0 Å². The molecule has 0 atom stereocenters. The Labute approximate surface area is 125 Å². The van der Waals surface area contributed by atoms with Crippen molar-refractivity contribution in [3.8, 4) is 0 Å². The molecule has 2 nitrogen and oxygen atoms in total. The number of likely N-dealkylation sites (tertiary alicyclic amines) is 1. The van der Waals surface area contributed by atoms with Crippen LogP contribution in [0.25, 0.3) is 0 Å². The summed E-state index contributed by atoms with van der Waals surface area (Å²) in [7, 11) is 0. The molecule has 0 amide bonds. The lowest BCUT2D eigenvalue weighted by atomic mass is 9.89. The van der Waals surface area contributed by atoms with Gasteiger partial charge < -0.3 is 10.2 Å². The highest BCUT2D eigenvalue weighted by Crippen LogP contribution is 2.27. The van der Waals surface area contributed by atoms with Gasteiger partial charge in [-0.25, -0.2) is 0 Å². The Kier molecular flexibility index (Phi) is 4.91. The molecule has 0 aliphatic carbocycles. The van der Waals surface area contributed by atoms with Crippen molar-refractivity contribution in [2.45, 2.75) is 39.2 Å². The Morgan fingerprint density at radius 3 is 2.32 bits per heavy atom. The number of anilines is 1. The van der Waals surface area contributed by atoms with Crippen LogP contribution in [0.4, 0.5) is 5.69 Å². The molecule has 19 heavy (non-hydrogen) atoms. The van der Waals surface area contributed by atoms with Gasteiger partial charge in [0.1, 0.15) is 0 Å². The minimum absolute atomic E-state index is 0.228. The molecular weight excluding hydrogens is 300 g/mol. The van der Waals surface area contributed by atoms with Crippen molar-refractivity contribution in [1.29, 1.82) is 0 Å². The molecule has 0 unspecified atom stereocenters. The van der Waals surface area contributed by atoms with Gasteiger partial charge in [-0.15, -0.1) is 0 Å². The maximum atomic E-state index is 3.70. The van der Waals surface area contributed by atoms with Gasteiger partial charge in [0.2, 0.25) is 0 Å². The number of nitrogens with zero attached hydrogens (tertiary/aromatic N) is 1. The zero-order valence-electron chi connectivity index (χ0n) is 12.2. The van der Waals surface area contributed by atoms with Crippen LogP contribution in [0.5, 0.6) is 0 Å². The fourth-order valence-corrected chi connectivity index (χ4v) is 2.92. The Hall–Kier alpha value is -0.540. The third-order valence-electron chi connectivity index (χ3n) is 3.79. The number of hydrogen-bond acceptors (Lipinski definition) is 2. The highest BCUT2D eigenvalue weighted by atomic mass is 79.9. The molecule has 1 fully saturated rings. The molecule has 3 heteroatoms. The van der Waals surface area contributed by atoms with E-state index in [-0.39, 0.29) is 5.54 Å². The molecule has 105 valence electrons. The van der Waals surface area contributed by atoms with Crippen molar-refractivity contribution in [1.82, 2.24) is 4.90 Å². The van der Waals surface area contributed by atoms with Gasteiger partial charge in [-0.05, 0) is 49.9 Å². The Morgan fingerprint density at radius 1 is 1.21 bits per heavy atom. The molecule has 0 saturated carbocycles. The number of piperidine rings is 1. The van der Waals surface area contributed by atoms with E-state index >= 15 is 0 Å². The van der Waals surface area contributed by atoms with Crippen LogP contribution in [-0.4, -0.2) is 30.1 Å². The number of nitrogens with one attached hydrogen (secondary N) is 1. The van der Waals surface area contributed by atoms with E-state index in [1.165, 1.54) is 37.5 Å². The van der Waals surface area contributed by atoms with Crippen LogP contribution >= 0.6 is 15.9 Å². The van der Waals surface area contributed by atoms with Gasteiger partial charge in [0.15, 0.2) is 0 Å². The van der Waals surface area contributed by atoms with Crippen LogP contribution in [-0.2, 0) is 0 Å². The van der Waals surface area contributed by atoms with E-state index in [9.17, 15) is 0 Å². The maximum absolute atomic E-state index is 3.70. The van der Waals surface area contributed by atoms with E-state index in [0.717, 1.165) is 11.0 Å². The first-order valence-electron chi connectivity index (χ1n) is 7.02. The molecule has 0 aromatic heterocycles. The summed E-state index contributed by atoms with van der Waals surface area (Å²) in [6.45, 7) is 10.3. The summed E-state index contributed by atoms with van der Waals surface area (Å²) in [5.74, 6) is 1.50. The zero-order valence-corrected chi connectivity index (χ0v) is 13.8. The Morgan fingerprint density at radius 2 is 1.79 bits per heavy atom. The summed E-state index contributed by atoms with van der Waals surface area (Å²) in [4.78, 5) is 2.56. The van der Waals surface area contributed by atoms with E-state index < -0.39 is 0 Å². The second kappa shape index (κ2) is 6.27. The smallest absolute Gasteiger partial charge is 0.0370 e. The standard InChI is InChI=1S/C16H24BrN2/c1-13(2)12-19-10-8-16(3,9-11-19)18-15-6-4-14(17)5-7-15/h4-7,18H,8-12H2,1-3H3. The Bertz CT molecular complexity index is 392. The lowest BCUT2D eigenvalue weighted by Crippen LogP contribution is -2.47. The van der Waals surface area contributed by atoms with Crippen LogP contribution in [0, 0.1) is 5.92 Å². The van der Waals surface area contributed by atoms with E-state index in [1.807, 2.05) is 0 Å². The summed E-state index contributed by atoms with van der Waals surface area (Å²) < 4.78 is 1.13. The molecule has 2 rings (SSSR count).